The molecule has 0 aliphatic carbocycles. The first-order valence-corrected chi connectivity index (χ1v) is 11.6. The van der Waals surface area contributed by atoms with Crippen LogP contribution < -0.4 is 0 Å². The van der Waals surface area contributed by atoms with Crippen molar-refractivity contribution in [2.45, 2.75) is 32.0 Å². The predicted molar refractivity (Wildman–Crippen MR) is 108 cm³/mol. The average Bonchev–Trinajstić information content (AvgIpc) is 3.02. The molecular weight excluding hydrogens is 386 g/mol. The molecule has 27 heavy (non-hydrogen) atoms. The van der Waals surface area contributed by atoms with E-state index in [0.717, 1.165) is 37.7 Å². The molecule has 2 atom stereocenters. The second kappa shape index (κ2) is 8.47. The molecule has 1 amide bonds. The van der Waals surface area contributed by atoms with Gasteiger partial charge in [-0.05, 0) is 31.0 Å². The molecule has 8 heteroatoms. The maximum absolute atomic E-state index is 12.8. The highest BCUT2D eigenvalue weighted by Gasteiger charge is 2.35. The van der Waals surface area contributed by atoms with E-state index in [4.69, 9.17) is 11.6 Å². The molecule has 2 aliphatic rings. The highest BCUT2D eigenvalue weighted by Crippen LogP contribution is 2.19. The van der Waals surface area contributed by atoms with Crippen LogP contribution in [0.15, 0.2) is 24.3 Å². The van der Waals surface area contributed by atoms with Crippen molar-refractivity contribution in [2.24, 2.45) is 0 Å². The van der Waals surface area contributed by atoms with Gasteiger partial charge in [-0.15, -0.1) is 0 Å². The van der Waals surface area contributed by atoms with Gasteiger partial charge in [-0.1, -0.05) is 23.7 Å². The van der Waals surface area contributed by atoms with Crippen molar-refractivity contribution in [3.05, 3.63) is 34.9 Å². The van der Waals surface area contributed by atoms with Crippen LogP contribution in [0.2, 0.25) is 5.02 Å². The van der Waals surface area contributed by atoms with Crippen LogP contribution >= 0.6 is 11.6 Å². The Labute approximate surface area is 167 Å². The molecular formula is C19H28ClN3O3S. The second-order valence-corrected chi connectivity index (χ2v) is 10.3. The van der Waals surface area contributed by atoms with Crippen LogP contribution in [0.1, 0.15) is 18.9 Å². The monoisotopic (exact) mass is 413 g/mol. The molecule has 6 nitrogen and oxygen atoms in total. The van der Waals surface area contributed by atoms with Crippen LogP contribution in [-0.2, 0) is 21.2 Å². The minimum atomic E-state index is -2.99. The van der Waals surface area contributed by atoms with Gasteiger partial charge in [0.25, 0.3) is 0 Å². The first-order chi connectivity index (χ1) is 12.7. The van der Waals surface area contributed by atoms with Crippen molar-refractivity contribution >= 4 is 27.3 Å². The van der Waals surface area contributed by atoms with E-state index >= 15 is 0 Å². The lowest BCUT2D eigenvalue weighted by molar-refractivity contribution is -0.137. The number of halogens is 1. The van der Waals surface area contributed by atoms with Gasteiger partial charge in [0.15, 0.2) is 9.84 Å². The highest BCUT2D eigenvalue weighted by molar-refractivity contribution is 7.91. The van der Waals surface area contributed by atoms with Gasteiger partial charge in [0.2, 0.25) is 5.91 Å². The molecule has 0 aromatic heterocycles. The molecule has 3 rings (SSSR count). The Kier molecular flexibility index (Phi) is 6.46. The Balaban J connectivity index is 1.49. The van der Waals surface area contributed by atoms with Crippen LogP contribution in [0.25, 0.3) is 0 Å². The summed E-state index contributed by atoms with van der Waals surface area (Å²) in [6.07, 6.45) is 0.548. The van der Waals surface area contributed by atoms with E-state index < -0.39 is 9.84 Å². The number of piperazine rings is 1. The molecule has 2 aliphatic heterocycles. The number of hydrogen-bond donors (Lipinski definition) is 0. The van der Waals surface area contributed by atoms with Crippen molar-refractivity contribution < 1.29 is 13.2 Å². The summed E-state index contributed by atoms with van der Waals surface area (Å²) < 4.78 is 23.4. The predicted octanol–water partition coefficient (Wildman–Crippen LogP) is 1.49. The van der Waals surface area contributed by atoms with E-state index in [1.54, 1.807) is 11.9 Å². The molecule has 1 aromatic rings. The van der Waals surface area contributed by atoms with Gasteiger partial charge in [0, 0.05) is 50.8 Å². The van der Waals surface area contributed by atoms with Crippen molar-refractivity contribution in [1.29, 1.82) is 0 Å². The number of likely N-dealkylation sites (N-methyl/N-ethyl adjacent to an activating group) is 1. The van der Waals surface area contributed by atoms with Crippen LogP contribution in [0.5, 0.6) is 0 Å². The topological polar surface area (TPSA) is 60.9 Å². The van der Waals surface area contributed by atoms with Gasteiger partial charge in [0.05, 0.1) is 17.5 Å². The summed E-state index contributed by atoms with van der Waals surface area (Å²) in [7, 11) is -1.25. The van der Waals surface area contributed by atoms with Crippen molar-refractivity contribution in [2.75, 3.05) is 44.7 Å². The molecule has 150 valence electrons. The number of carbonyl (C=O) groups excluding carboxylic acids is 1. The van der Waals surface area contributed by atoms with Gasteiger partial charge in [0.1, 0.15) is 0 Å². The SMILES string of the molecule is C[C@@H](C(=O)N(C)[C@H]1CCS(=O)(=O)C1)N1CCN(Cc2ccc(Cl)cc2)CC1. The zero-order valence-corrected chi connectivity index (χ0v) is 17.5. The lowest BCUT2D eigenvalue weighted by Crippen LogP contribution is -2.55. The molecule has 0 bridgehead atoms. The van der Waals surface area contributed by atoms with E-state index in [9.17, 15) is 13.2 Å². The largest absolute Gasteiger partial charge is 0.340 e. The Bertz CT molecular complexity index is 761. The van der Waals surface area contributed by atoms with E-state index in [2.05, 4.69) is 9.80 Å². The van der Waals surface area contributed by atoms with Crippen LogP contribution in [0, 0.1) is 0 Å². The number of amides is 1. The molecule has 2 saturated heterocycles. The van der Waals surface area contributed by atoms with Crippen molar-refractivity contribution in [3.8, 4) is 0 Å². The minimum absolute atomic E-state index is 0.0169. The summed E-state index contributed by atoms with van der Waals surface area (Å²) in [6.45, 7) is 6.28. The van der Waals surface area contributed by atoms with Crippen LogP contribution in [-0.4, -0.2) is 85.8 Å². The fraction of sp³-hybridized carbons (Fsp3) is 0.632. The summed E-state index contributed by atoms with van der Waals surface area (Å²) in [6, 6.07) is 7.50. The Morgan fingerprint density at radius 2 is 1.85 bits per heavy atom. The molecule has 0 saturated carbocycles. The second-order valence-electron chi connectivity index (χ2n) is 7.62. The van der Waals surface area contributed by atoms with Gasteiger partial charge in [-0.3, -0.25) is 14.6 Å². The van der Waals surface area contributed by atoms with E-state index in [0.29, 0.717) is 6.42 Å². The summed E-state index contributed by atoms with van der Waals surface area (Å²) in [5.41, 5.74) is 1.24. The van der Waals surface area contributed by atoms with Crippen molar-refractivity contribution in [1.82, 2.24) is 14.7 Å². The number of rotatable bonds is 5. The smallest absolute Gasteiger partial charge is 0.239 e. The van der Waals surface area contributed by atoms with E-state index in [-0.39, 0.29) is 29.5 Å². The molecule has 0 N–H and O–H groups in total. The molecule has 2 fully saturated rings. The standard InChI is InChI=1S/C19H28ClN3O3S/c1-15(19(24)21(2)18-7-12-27(25,26)14-18)23-10-8-22(9-11-23)13-16-3-5-17(20)6-4-16/h3-6,15,18H,7-14H2,1-2H3/t15-,18-/m0/s1. The summed E-state index contributed by atoms with van der Waals surface area (Å²) >= 11 is 5.94. The highest BCUT2D eigenvalue weighted by atomic mass is 35.5. The van der Waals surface area contributed by atoms with Crippen LogP contribution in [0.4, 0.5) is 0 Å². The maximum atomic E-state index is 12.8. The number of hydrogen-bond acceptors (Lipinski definition) is 5. The average molecular weight is 414 g/mol. The Hall–Kier alpha value is -1.15. The molecule has 0 radical (unpaired) electrons. The molecule has 0 unspecified atom stereocenters. The fourth-order valence-electron chi connectivity index (χ4n) is 3.87. The quantitative estimate of drug-likeness (QED) is 0.732. The number of carbonyl (C=O) groups is 1. The van der Waals surface area contributed by atoms with Gasteiger partial charge >= 0.3 is 0 Å². The third kappa shape index (κ3) is 5.22. The summed E-state index contributed by atoms with van der Waals surface area (Å²) in [5.74, 6) is 0.299. The summed E-state index contributed by atoms with van der Waals surface area (Å²) in [4.78, 5) is 19.0. The van der Waals surface area contributed by atoms with E-state index in [1.807, 2.05) is 31.2 Å². The third-order valence-corrected chi connectivity index (χ3v) is 7.74. The first kappa shape index (κ1) is 20.6. The lowest BCUT2D eigenvalue weighted by atomic mass is 10.1. The van der Waals surface area contributed by atoms with E-state index in [1.165, 1.54) is 5.56 Å². The van der Waals surface area contributed by atoms with Gasteiger partial charge in [-0.2, -0.15) is 0 Å². The number of benzene rings is 1. The zero-order chi connectivity index (χ0) is 19.6. The Morgan fingerprint density at radius 3 is 2.41 bits per heavy atom. The van der Waals surface area contributed by atoms with Crippen molar-refractivity contribution in [3.63, 3.8) is 0 Å². The normalized spacial score (nSPS) is 24.6. The summed E-state index contributed by atoms with van der Waals surface area (Å²) in [5, 5.41) is 0.745. The first-order valence-electron chi connectivity index (χ1n) is 9.43. The fourth-order valence-corrected chi connectivity index (χ4v) is 5.77. The maximum Gasteiger partial charge on any atom is 0.239 e. The lowest BCUT2D eigenvalue weighted by Gasteiger charge is -2.39. The molecule has 1 aromatic carbocycles. The van der Waals surface area contributed by atoms with Crippen LogP contribution in [0.3, 0.4) is 0 Å². The zero-order valence-electron chi connectivity index (χ0n) is 16.0. The van der Waals surface area contributed by atoms with Gasteiger partial charge in [-0.25, -0.2) is 8.42 Å². The third-order valence-electron chi connectivity index (χ3n) is 5.74. The molecule has 0 spiro atoms. The molecule has 2 heterocycles. The minimum Gasteiger partial charge on any atom is -0.340 e. The van der Waals surface area contributed by atoms with Gasteiger partial charge < -0.3 is 4.90 Å². The number of sulfone groups is 1. The number of nitrogens with zero attached hydrogens (tertiary/aromatic N) is 3. The Morgan fingerprint density at radius 1 is 1.22 bits per heavy atom.